The Labute approximate surface area is 191 Å². The number of hydrogen-bond acceptors (Lipinski definition) is 3. The van der Waals surface area contributed by atoms with Crippen molar-refractivity contribution < 1.29 is 9.18 Å². The summed E-state index contributed by atoms with van der Waals surface area (Å²) in [5, 5.41) is 3.68. The third-order valence-electron chi connectivity index (χ3n) is 7.58. The van der Waals surface area contributed by atoms with Crippen molar-refractivity contribution in [2.45, 2.75) is 89.8 Å². The van der Waals surface area contributed by atoms with Crippen molar-refractivity contribution in [1.82, 2.24) is 10.2 Å². The highest BCUT2D eigenvalue weighted by atomic mass is 19.1. The molecule has 2 atom stereocenters. The van der Waals surface area contributed by atoms with Crippen molar-refractivity contribution in [3.8, 4) is 0 Å². The molecule has 0 unspecified atom stereocenters. The molecule has 2 amide bonds. The van der Waals surface area contributed by atoms with Crippen molar-refractivity contribution in [2.75, 3.05) is 18.0 Å². The molecule has 174 valence electrons. The Balaban J connectivity index is 1.63. The summed E-state index contributed by atoms with van der Waals surface area (Å²) in [6, 6.07) is 6.75. The summed E-state index contributed by atoms with van der Waals surface area (Å²) < 4.78 is 14.1. The Bertz CT molecular complexity index is 892. The van der Waals surface area contributed by atoms with Crippen molar-refractivity contribution in [2.24, 2.45) is 4.99 Å². The third kappa shape index (κ3) is 4.61. The molecule has 1 saturated heterocycles. The van der Waals surface area contributed by atoms with Crippen LogP contribution in [0.2, 0.25) is 0 Å². The summed E-state index contributed by atoms with van der Waals surface area (Å²) in [4.78, 5) is 22.0. The van der Waals surface area contributed by atoms with E-state index in [2.05, 4.69) is 42.1 Å². The Hall–Kier alpha value is -2.21. The van der Waals surface area contributed by atoms with Gasteiger partial charge in [-0.3, -0.25) is 9.80 Å². The second kappa shape index (κ2) is 9.74. The van der Waals surface area contributed by atoms with Crippen molar-refractivity contribution in [3.63, 3.8) is 0 Å². The number of halogens is 1. The van der Waals surface area contributed by atoms with Gasteiger partial charge < -0.3 is 5.32 Å². The highest BCUT2D eigenvalue weighted by Crippen LogP contribution is 2.41. The lowest BCUT2D eigenvalue weighted by Crippen LogP contribution is -2.64. The molecule has 1 aromatic rings. The van der Waals surface area contributed by atoms with Gasteiger partial charge in [0.05, 0.1) is 0 Å². The Morgan fingerprint density at radius 2 is 2.09 bits per heavy atom. The SMILES string of the molecule is CC/C(C)=C/CN1CC[C@@]2(C[C@@H]1C)C(NC1CCCCC1)=NC(=O)N2c1cccc(F)c1. The van der Waals surface area contributed by atoms with Gasteiger partial charge in [-0.25, -0.2) is 9.18 Å². The molecule has 2 fully saturated rings. The number of likely N-dealkylation sites (tertiary alicyclic amines) is 1. The van der Waals surface area contributed by atoms with Crippen LogP contribution in [0.15, 0.2) is 40.9 Å². The molecule has 0 aromatic heterocycles. The van der Waals surface area contributed by atoms with Gasteiger partial charge in [0.1, 0.15) is 17.2 Å². The normalized spacial score (nSPS) is 27.8. The molecule has 0 radical (unpaired) electrons. The molecule has 32 heavy (non-hydrogen) atoms. The van der Waals surface area contributed by atoms with Crippen molar-refractivity contribution in [1.29, 1.82) is 0 Å². The predicted molar refractivity (Wildman–Crippen MR) is 129 cm³/mol. The number of piperidine rings is 1. The number of hydrogen-bond donors (Lipinski definition) is 1. The maximum atomic E-state index is 14.1. The van der Waals surface area contributed by atoms with E-state index in [4.69, 9.17) is 0 Å². The van der Waals surface area contributed by atoms with Crippen LogP contribution in [0.25, 0.3) is 0 Å². The first kappa shape index (κ1) is 23.0. The first-order valence-corrected chi connectivity index (χ1v) is 12.3. The molecule has 2 aliphatic heterocycles. The molecule has 1 aromatic carbocycles. The highest BCUT2D eigenvalue weighted by Gasteiger charge is 2.53. The lowest BCUT2D eigenvalue weighted by Gasteiger charge is -2.48. The molecule has 1 spiro atoms. The fraction of sp³-hybridized carbons (Fsp3) is 0.615. The molecular weight excluding hydrogens is 403 g/mol. The molecule has 1 saturated carbocycles. The fourth-order valence-corrected chi connectivity index (χ4v) is 5.49. The van der Waals surface area contributed by atoms with Gasteiger partial charge in [-0.1, -0.05) is 43.9 Å². The second-order valence-electron chi connectivity index (χ2n) is 9.77. The minimum atomic E-state index is -0.540. The van der Waals surface area contributed by atoms with E-state index in [1.54, 1.807) is 11.0 Å². The Morgan fingerprint density at radius 3 is 2.78 bits per heavy atom. The number of anilines is 1. The number of amides is 2. The van der Waals surface area contributed by atoms with Crippen LogP contribution in [0.5, 0.6) is 0 Å². The lowest BCUT2D eigenvalue weighted by molar-refractivity contribution is 0.143. The summed E-state index contributed by atoms with van der Waals surface area (Å²) in [7, 11) is 0. The van der Waals surface area contributed by atoms with E-state index >= 15 is 0 Å². The second-order valence-corrected chi connectivity index (χ2v) is 9.77. The Morgan fingerprint density at radius 1 is 1.31 bits per heavy atom. The van der Waals surface area contributed by atoms with Gasteiger partial charge >= 0.3 is 6.03 Å². The smallest absolute Gasteiger partial charge is 0.350 e. The highest BCUT2D eigenvalue weighted by molar-refractivity contribution is 6.16. The average Bonchev–Trinajstić information content (AvgIpc) is 3.03. The number of rotatable bonds is 5. The number of allylic oxidation sites excluding steroid dienone is 1. The van der Waals surface area contributed by atoms with Crippen molar-refractivity contribution >= 4 is 17.6 Å². The van der Waals surface area contributed by atoms with Crippen LogP contribution in [-0.2, 0) is 0 Å². The molecule has 5 nitrogen and oxygen atoms in total. The molecule has 6 heteroatoms. The minimum Gasteiger partial charge on any atom is -0.369 e. The molecule has 0 bridgehead atoms. The third-order valence-corrected chi connectivity index (χ3v) is 7.58. The standard InChI is InChI=1S/C26H37FN4O/c1-4-19(2)13-15-30-16-14-26(18-20(30)3)24(28-22-10-6-5-7-11-22)29-25(32)31(26)23-12-8-9-21(27)17-23/h8-9,12-13,17,20,22H,4-7,10-11,14-16,18H2,1-3H3,(H,28,29,32)/b19-13+/t20-,26+/m0/s1. The maximum absolute atomic E-state index is 14.1. The first-order chi connectivity index (χ1) is 15.4. The van der Waals surface area contributed by atoms with Gasteiger partial charge in [-0.05, 0) is 64.2 Å². The van der Waals surface area contributed by atoms with E-state index in [1.807, 2.05) is 6.07 Å². The molecule has 1 aliphatic carbocycles. The number of nitrogens with zero attached hydrogens (tertiary/aromatic N) is 3. The quantitative estimate of drug-likeness (QED) is 0.601. The predicted octanol–water partition coefficient (Wildman–Crippen LogP) is 5.67. The number of benzene rings is 1. The van der Waals surface area contributed by atoms with E-state index in [1.165, 1.54) is 37.0 Å². The van der Waals surface area contributed by atoms with Crippen LogP contribution in [0.3, 0.4) is 0 Å². The van der Waals surface area contributed by atoms with E-state index in [9.17, 15) is 9.18 Å². The zero-order valence-electron chi connectivity index (χ0n) is 19.7. The molecule has 1 N–H and O–H groups in total. The topological polar surface area (TPSA) is 47.9 Å². The summed E-state index contributed by atoms with van der Waals surface area (Å²) in [5.74, 6) is 0.468. The Kier molecular flexibility index (Phi) is 6.99. The van der Waals surface area contributed by atoms with Gasteiger partial charge in [0, 0.05) is 30.9 Å². The summed E-state index contributed by atoms with van der Waals surface area (Å²) in [6.45, 7) is 8.39. The minimum absolute atomic E-state index is 0.281. The first-order valence-electron chi connectivity index (χ1n) is 12.3. The average molecular weight is 441 g/mol. The van der Waals surface area contributed by atoms with E-state index < -0.39 is 5.54 Å². The molecule has 4 rings (SSSR count). The van der Waals surface area contributed by atoms with Crippen LogP contribution in [0.1, 0.15) is 72.1 Å². The zero-order chi connectivity index (χ0) is 22.7. The zero-order valence-corrected chi connectivity index (χ0v) is 19.7. The van der Waals surface area contributed by atoms with Crippen LogP contribution in [0, 0.1) is 5.82 Å². The molecule has 3 aliphatic rings. The van der Waals surface area contributed by atoms with Crippen LogP contribution in [0.4, 0.5) is 14.9 Å². The fourth-order valence-electron chi connectivity index (χ4n) is 5.49. The van der Waals surface area contributed by atoms with Gasteiger partial charge in [0.2, 0.25) is 0 Å². The van der Waals surface area contributed by atoms with E-state index in [0.717, 1.165) is 51.0 Å². The number of carbonyl (C=O) groups excluding carboxylic acids is 1. The number of carbonyl (C=O) groups is 1. The van der Waals surface area contributed by atoms with Gasteiger partial charge in [-0.15, -0.1) is 0 Å². The molecule has 2 heterocycles. The maximum Gasteiger partial charge on any atom is 0.350 e. The van der Waals surface area contributed by atoms with Gasteiger partial charge in [0.15, 0.2) is 0 Å². The summed E-state index contributed by atoms with van der Waals surface area (Å²) in [5.41, 5.74) is 1.46. The monoisotopic (exact) mass is 440 g/mol. The van der Waals surface area contributed by atoms with Crippen LogP contribution in [-0.4, -0.2) is 47.5 Å². The number of urea groups is 1. The number of aliphatic imine (C=N–C) groups is 1. The van der Waals surface area contributed by atoms with Crippen LogP contribution >= 0.6 is 0 Å². The van der Waals surface area contributed by atoms with Crippen LogP contribution < -0.4 is 10.2 Å². The number of amidine groups is 1. The van der Waals surface area contributed by atoms with Gasteiger partial charge in [0.25, 0.3) is 0 Å². The summed E-state index contributed by atoms with van der Waals surface area (Å²) >= 11 is 0. The van der Waals surface area contributed by atoms with Crippen molar-refractivity contribution in [3.05, 3.63) is 41.7 Å². The van der Waals surface area contributed by atoms with E-state index in [0.29, 0.717) is 11.7 Å². The summed E-state index contributed by atoms with van der Waals surface area (Å²) in [6.07, 6.45) is 10.9. The molecular formula is C26H37FN4O. The van der Waals surface area contributed by atoms with Gasteiger partial charge in [-0.2, -0.15) is 4.99 Å². The number of nitrogens with one attached hydrogen (secondary N) is 1. The largest absolute Gasteiger partial charge is 0.369 e. The lowest BCUT2D eigenvalue weighted by atomic mass is 9.80. The van der Waals surface area contributed by atoms with E-state index in [-0.39, 0.29) is 17.9 Å².